The molecule has 21 heavy (non-hydrogen) atoms. The van der Waals surface area contributed by atoms with Gasteiger partial charge in [0.2, 0.25) is 10.0 Å². The van der Waals surface area contributed by atoms with Crippen LogP contribution in [0.1, 0.15) is 44.7 Å². The molecule has 0 radical (unpaired) electrons. The van der Waals surface area contributed by atoms with Crippen LogP contribution >= 0.6 is 0 Å². The minimum absolute atomic E-state index is 0.000685. The van der Waals surface area contributed by atoms with E-state index >= 15 is 0 Å². The zero-order valence-corrected chi connectivity index (χ0v) is 13.0. The van der Waals surface area contributed by atoms with Crippen LogP contribution in [0, 0.1) is 12.8 Å². The van der Waals surface area contributed by atoms with Gasteiger partial charge in [0.25, 0.3) is 0 Å². The van der Waals surface area contributed by atoms with Gasteiger partial charge in [-0.2, -0.15) is 9.82 Å². The van der Waals surface area contributed by atoms with Gasteiger partial charge < -0.3 is 5.11 Å². The Labute approximate surface area is 124 Å². The molecule has 3 N–H and O–H groups in total. The summed E-state index contributed by atoms with van der Waals surface area (Å²) in [5.74, 6) is -0.639. The monoisotopic (exact) mass is 315 g/mol. The summed E-state index contributed by atoms with van der Waals surface area (Å²) in [5.41, 5.74) is -1.01. The molecule has 1 aromatic heterocycles. The predicted octanol–water partition coefficient (Wildman–Crippen LogP) is 1.42. The quantitative estimate of drug-likeness (QED) is 0.760. The van der Waals surface area contributed by atoms with Crippen LogP contribution in [0.15, 0.2) is 11.1 Å². The van der Waals surface area contributed by atoms with Crippen molar-refractivity contribution in [2.24, 2.45) is 5.92 Å². The number of aryl methyl sites for hydroxylation is 1. The topological polar surface area (TPSA) is 112 Å². The molecule has 118 valence electrons. The molecule has 2 rings (SSSR count). The van der Waals surface area contributed by atoms with E-state index in [1.165, 1.54) is 6.20 Å². The number of rotatable bonds is 5. The zero-order valence-electron chi connectivity index (χ0n) is 12.2. The lowest BCUT2D eigenvalue weighted by atomic mass is 9.76. The highest BCUT2D eigenvalue weighted by atomic mass is 32.2. The molecule has 7 nitrogen and oxygen atoms in total. The second-order valence-electron chi connectivity index (χ2n) is 5.70. The van der Waals surface area contributed by atoms with Crippen molar-refractivity contribution in [1.82, 2.24) is 14.9 Å². The van der Waals surface area contributed by atoms with Crippen molar-refractivity contribution >= 4 is 16.0 Å². The Balaban J connectivity index is 2.26. The van der Waals surface area contributed by atoms with Gasteiger partial charge in [0.15, 0.2) is 0 Å². The normalized spacial score (nSPS) is 26.7. The van der Waals surface area contributed by atoms with Gasteiger partial charge >= 0.3 is 5.97 Å². The van der Waals surface area contributed by atoms with E-state index in [1.807, 2.05) is 0 Å². The van der Waals surface area contributed by atoms with Gasteiger partial charge in [-0.1, -0.05) is 13.3 Å². The van der Waals surface area contributed by atoms with Gasteiger partial charge in [-0.15, -0.1) is 0 Å². The molecule has 1 saturated carbocycles. The van der Waals surface area contributed by atoms with Gasteiger partial charge in [-0.05, 0) is 38.5 Å². The van der Waals surface area contributed by atoms with Crippen molar-refractivity contribution < 1.29 is 18.3 Å². The predicted molar refractivity (Wildman–Crippen MR) is 76.3 cm³/mol. The number of carboxylic acid groups (broad SMARTS) is 1. The molecule has 1 fully saturated rings. The minimum Gasteiger partial charge on any atom is -0.480 e. The Morgan fingerprint density at radius 3 is 2.57 bits per heavy atom. The summed E-state index contributed by atoms with van der Waals surface area (Å²) in [7, 11) is -3.90. The molecule has 1 aliphatic rings. The fourth-order valence-corrected chi connectivity index (χ4v) is 4.42. The Morgan fingerprint density at radius 2 is 2.14 bits per heavy atom. The number of carboxylic acids is 1. The highest BCUT2D eigenvalue weighted by molar-refractivity contribution is 7.89. The SMILES string of the molecule is CCC1CCC(NS(=O)(=O)c2cn[nH]c2C)(C(=O)O)CC1. The van der Waals surface area contributed by atoms with E-state index < -0.39 is 21.5 Å². The molecule has 0 saturated heterocycles. The first kappa shape index (κ1) is 16.0. The Morgan fingerprint density at radius 1 is 1.52 bits per heavy atom. The van der Waals surface area contributed by atoms with Crippen LogP contribution in [0.5, 0.6) is 0 Å². The maximum Gasteiger partial charge on any atom is 0.324 e. The molecule has 0 unspecified atom stereocenters. The lowest BCUT2D eigenvalue weighted by Crippen LogP contribution is -2.56. The molecule has 0 atom stereocenters. The standard InChI is InChI=1S/C13H21N3O4S/c1-3-10-4-6-13(7-5-10,12(17)18)16-21(19,20)11-8-14-15-9(11)2/h8,10,16H,3-7H2,1-2H3,(H,14,15)(H,17,18). The van der Waals surface area contributed by atoms with Crippen molar-refractivity contribution in [3.63, 3.8) is 0 Å². The maximum absolute atomic E-state index is 12.4. The largest absolute Gasteiger partial charge is 0.480 e. The summed E-state index contributed by atoms with van der Waals surface area (Å²) in [5, 5.41) is 15.8. The van der Waals surface area contributed by atoms with E-state index in [-0.39, 0.29) is 4.90 Å². The molecule has 1 aliphatic carbocycles. The molecular formula is C13H21N3O4S. The van der Waals surface area contributed by atoms with E-state index in [1.54, 1.807) is 6.92 Å². The first-order valence-corrected chi connectivity index (χ1v) is 8.56. The summed E-state index contributed by atoms with van der Waals surface area (Å²) in [4.78, 5) is 11.7. The summed E-state index contributed by atoms with van der Waals surface area (Å²) >= 11 is 0. The molecule has 0 spiro atoms. The molecule has 0 amide bonds. The van der Waals surface area contributed by atoms with Crippen LogP contribution in [0.4, 0.5) is 0 Å². The lowest BCUT2D eigenvalue weighted by Gasteiger charge is -2.36. The Kier molecular flexibility index (Phi) is 4.38. The van der Waals surface area contributed by atoms with E-state index in [4.69, 9.17) is 0 Å². The minimum atomic E-state index is -3.90. The maximum atomic E-state index is 12.4. The number of sulfonamides is 1. The molecular weight excluding hydrogens is 294 g/mol. The molecule has 0 aromatic carbocycles. The Hall–Kier alpha value is -1.41. The first-order chi connectivity index (χ1) is 9.81. The van der Waals surface area contributed by atoms with Crippen LogP contribution in [-0.2, 0) is 14.8 Å². The molecule has 1 heterocycles. The van der Waals surface area contributed by atoms with E-state index in [0.717, 1.165) is 19.3 Å². The van der Waals surface area contributed by atoms with Crippen molar-refractivity contribution in [2.45, 2.75) is 56.4 Å². The van der Waals surface area contributed by atoms with Crippen LogP contribution in [0.3, 0.4) is 0 Å². The summed E-state index contributed by atoms with van der Waals surface area (Å²) < 4.78 is 27.2. The summed E-state index contributed by atoms with van der Waals surface area (Å²) in [6.07, 6.45) is 4.26. The highest BCUT2D eigenvalue weighted by Gasteiger charge is 2.45. The number of aromatic amines is 1. The third-order valence-corrected chi connectivity index (χ3v) is 6.00. The molecule has 1 aromatic rings. The lowest BCUT2D eigenvalue weighted by molar-refractivity contribution is -0.145. The average molecular weight is 315 g/mol. The number of nitrogens with zero attached hydrogens (tertiary/aromatic N) is 1. The van der Waals surface area contributed by atoms with Gasteiger partial charge in [0.1, 0.15) is 10.4 Å². The first-order valence-electron chi connectivity index (χ1n) is 7.08. The van der Waals surface area contributed by atoms with Crippen molar-refractivity contribution in [3.05, 3.63) is 11.9 Å². The van der Waals surface area contributed by atoms with Crippen molar-refractivity contribution in [3.8, 4) is 0 Å². The number of carbonyl (C=O) groups is 1. The molecule has 8 heteroatoms. The van der Waals surface area contributed by atoms with E-state index in [0.29, 0.717) is 24.5 Å². The number of aliphatic carboxylic acids is 1. The van der Waals surface area contributed by atoms with Crippen LogP contribution in [-0.4, -0.2) is 35.2 Å². The van der Waals surface area contributed by atoms with Crippen LogP contribution in [0.2, 0.25) is 0 Å². The third-order valence-electron chi connectivity index (χ3n) is 4.35. The summed E-state index contributed by atoms with van der Waals surface area (Å²) in [6.45, 7) is 3.65. The number of aromatic nitrogens is 2. The average Bonchev–Trinajstić information content (AvgIpc) is 2.86. The van der Waals surface area contributed by atoms with Crippen LogP contribution < -0.4 is 4.72 Å². The Bertz CT molecular complexity index is 615. The van der Waals surface area contributed by atoms with Gasteiger partial charge in [-0.3, -0.25) is 9.89 Å². The van der Waals surface area contributed by atoms with Crippen LogP contribution in [0.25, 0.3) is 0 Å². The molecule has 0 aliphatic heterocycles. The van der Waals surface area contributed by atoms with Gasteiger partial charge in [0.05, 0.1) is 11.9 Å². The fourth-order valence-electron chi connectivity index (χ4n) is 2.86. The smallest absolute Gasteiger partial charge is 0.324 e. The third kappa shape index (κ3) is 3.11. The van der Waals surface area contributed by atoms with E-state index in [2.05, 4.69) is 21.8 Å². The summed E-state index contributed by atoms with van der Waals surface area (Å²) in [6, 6.07) is 0. The van der Waals surface area contributed by atoms with Crippen molar-refractivity contribution in [1.29, 1.82) is 0 Å². The van der Waals surface area contributed by atoms with Crippen molar-refractivity contribution in [2.75, 3.05) is 0 Å². The number of H-pyrrole nitrogens is 1. The fraction of sp³-hybridized carbons (Fsp3) is 0.692. The second-order valence-corrected chi connectivity index (χ2v) is 7.35. The van der Waals surface area contributed by atoms with E-state index in [9.17, 15) is 18.3 Å². The second kappa shape index (κ2) is 5.76. The number of hydrogen-bond acceptors (Lipinski definition) is 4. The van der Waals surface area contributed by atoms with Gasteiger partial charge in [0, 0.05) is 0 Å². The highest BCUT2D eigenvalue weighted by Crippen LogP contribution is 2.35. The van der Waals surface area contributed by atoms with Gasteiger partial charge in [-0.25, -0.2) is 8.42 Å². The number of nitrogens with one attached hydrogen (secondary N) is 2. The molecule has 0 bridgehead atoms. The number of hydrogen-bond donors (Lipinski definition) is 3. The zero-order chi connectivity index (χ0) is 15.7.